The van der Waals surface area contributed by atoms with Crippen molar-refractivity contribution in [2.24, 2.45) is 4.99 Å². The monoisotopic (exact) mass is 475 g/mol. The van der Waals surface area contributed by atoms with Gasteiger partial charge in [0.05, 0.1) is 32.9 Å². The number of carbonyl (C=O) groups is 2. The number of thiazole rings is 1. The van der Waals surface area contributed by atoms with Crippen molar-refractivity contribution in [1.82, 2.24) is 20.3 Å². The zero-order valence-electron chi connectivity index (χ0n) is 19.7. The van der Waals surface area contributed by atoms with Gasteiger partial charge >= 0.3 is 12.0 Å². The van der Waals surface area contributed by atoms with Crippen LogP contribution in [-0.4, -0.2) is 58.9 Å². The van der Waals surface area contributed by atoms with E-state index in [4.69, 9.17) is 9.47 Å². The van der Waals surface area contributed by atoms with Gasteiger partial charge in [0.2, 0.25) is 11.8 Å². The molecule has 1 aliphatic heterocycles. The van der Waals surface area contributed by atoms with Crippen LogP contribution in [0.2, 0.25) is 0 Å². The smallest absolute Gasteiger partial charge is 0.347 e. The van der Waals surface area contributed by atoms with Crippen molar-refractivity contribution in [1.29, 1.82) is 0 Å². The lowest BCUT2D eigenvalue weighted by Crippen LogP contribution is -2.41. The molecule has 2 N–H and O–H groups in total. The number of aromatic nitrogens is 3. The number of anilines is 2. The summed E-state index contributed by atoms with van der Waals surface area (Å²) in [6, 6.07) is 1.44. The van der Waals surface area contributed by atoms with Crippen molar-refractivity contribution in [3.05, 3.63) is 16.6 Å². The molecule has 33 heavy (non-hydrogen) atoms. The van der Waals surface area contributed by atoms with Gasteiger partial charge < -0.3 is 19.7 Å². The number of fused-ring (bicyclic) bond motifs is 1. The van der Waals surface area contributed by atoms with Gasteiger partial charge in [-0.1, -0.05) is 11.3 Å². The predicted molar refractivity (Wildman–Crippen MR) is 127 cm³/mol. The van der Waals surface area contributed by atoms with E-state index >= 15 is 0 Å². The normalized spacial score (nSPS) is 13.9. The van der Waals surface area contributed by atoms with Crippen LogP contribution in [0.25, 0.3) is 0 Å². The van der Waals surface area contributed by atoms with Crippen molar-refractivity contribution in [2.75, 3.05) is 31.0 Å². The summed E-state index contributed by atoms with van der Waals surface area (Å²) in [5.41, 5.74) is 1.02. The number of nitrogens with one attached hydrogen (secondary N) is 2. The molecule has 1 aliphatic rings. The molecule has 3 amide bonds. The minimum atomic E-state index is -0.552. The van der Waals surface area contributed by atoms with E-state index in [-0.39, 0.29) is 23.9 Å². The SMILES string of the molecule is COc1cc(N2CCc3nc(NC(=O)N=C(C)CC(=O)NC(C)(C)C)sc3C2)nc(OC)n1. The fraction of sp³-hybridized carbons (Fsp3) is 0.524. The van der Waals surface area contributed by atoms with Gasteiger partial charge in [-0.15, -0.1) is 0 Å². The molecule has 3 heterocycles. The van der Waals surface area contributed by atoms with Gasteiger partial charge in [-0.3, -0.25) is 10.1 Å². The largest absolute Gasteiger partial charge is 0.481 e. The second-order valence-corrected chi connectivity index (χ2v) is 9.65. The van der Waals surface area contributed by atoms with E-state index in [1.807, 2.05) is 20.8 Å². The fourth-order valence-electron chi connectivity index (χ4n) is 3.22. The molecule has 0 aromatic carbocycles. The zero-order chi connectivity index (χ0) is 24.2. The molecule has 0 bridgehead atoms. The Labute approximate surface area is 196 Å². The fourth-order valence-corrected chi connectivity index (χ4v) is 4.24. The molecular formula is C21H29N7O4S. The third-order valence-electron chi connectivity index (χ3n) is 4.55. The van der Waals surface area contributed by atoms with Gasteiger partial charge in [-0.25, -0.2) is 14.8 Å². The van der Waals surface area contributed by atoms with Crippen molar-refractivity contribution in [2.45, 2.75) is 52.6 Å². The molecule has 0 radical (unpaired) electrons. The van der Waals surface area contributed by atoms with Crippen LogP contribution < -0.4 is 25.0 Å². The Morgan fingerprint density at radius 1 is 1.21 bits per heavy atom. The minimum Gasteiger partial charge on any atom is -0.481 e. The molecule has 178 valence electrons. The number of aliphatic imine (C=N–C) groups is 1. The quantitative estimate of drug-likeness (QED) is 0.610. The summed E-state index contributed by atoms with van der Waals surface area (Å²) in [5, 5.41) is 6.03. The van der Waals surface area contributed by atoms with Gasteiger partial charge in [0.25, 0.3) is 0 Å². The number of rotatable bonds is 6. The van der Waals surface area contributed by atoms with Gasteiger partial charge in [0.15, 0.2) is 5.13 Å². The van der Waals surface area contributed by atoms with Gasteiger partial charge in [-0.2, -0.15) is 9.97 Å². The molecule has 0 spiro atoms. The average Bonchev–Trinajstić information content (AvgIpc) is 3.12. The molecule has 11 nitrogen and oxygen atoms in total. The Morgan fingerprint density at radius 3 is 2.64 bits per heavy atom. The minimum absolute atomic E-state index is 0.0554. The van der Waals surface area contributed by atoms with Gasteiger partial charge in [0, 0.05) is 35.2 Å². The lowest BCUT2D eigenvalue weighted by Gasteiger charge is -2.27. The van der Waals surface area contributed by atoms with Crippen LogP contribution in [0.3, 0.4) is 0 Å². The lowest BCUT2D eigenvalue weighted by atomic mass is 10.1. The first-order valence-corrected chi connectivity index (χ1v) is 11.2. The highest BCUT2D eigenvalue weighted by Gasteiger charge is 2.23. The molecule has 0 aliphatic carbocycles. The molecule has 2 aromatic rings. The second kappa shape index (κ2) is 10.1. The summed E-state index contributed by atoms with van der Waals surface area (Å²) in [7, 11) is 3.05. The third kappa shape index (κ3) is 6.85. The zero-order valence-corrected chi connectivity index (χ0v) is 20.5. The first-order chi connectivity index (χ1) is 15.6. The van der Waals surface area contributed by atoms with E-state index in [0.717, 1.165) is 10.6 Å². The van der Waals surface area contributed by atoms with Crippen LogP contribution in [-0.2, 0) is 17.8 Å². The number of ether oxygens (including phenoxy) is 2. The Bertz CT molecular complexity index is 1040. The van der Waals surface area contributed by atoms with E-state index in [1.165, 1.54) is 18.4 Å². The number of amides is 3. The highest BCUT2D eigenvalue weighted by molar-refractivity contribution is 7.15. The number of hydrogen-bond donors (Lipinski definition) is 2. The van der Waals surface area contributed by atoms with Crippen LogP contribution in [0.1, 0.15) is 44.7 Å². The first kappa shape index (κ1) is 24.4. The van der Waals surface area contributed by atoms with E-state index in [0.29, 0.717) is 42.1 Å². The summed E-state index contributed by atoms with van der Waals surface area (Å²) in [5.74, 6) is 0.931. The topological polar surface area (TPSA) is 131 Å². The summed E-state index contributed by atoms with van der Waals surface area (Å²) in [6.07, 6.45) is 0.755. The molecule has 0 unspecified atom stereocenters. The van der Waals surface area contributed by atoms with Crippen LogP contribution in [0, 0.1) is 0 Å². The molecule has 12 heteroatoms. The van der Waals surface area contributed by atoms with Crippen molar-refractivity contribution in [3.63, 3.8) is 0 Å². The Hall–Kier alpha value is -3.28. The molecule has 0 saturated carbocycles. The van der Waals surface area contributed by atoms with Gasteiger partial charge in [0.1, 0.15) is 5.82 Å². The van der Waals surface area contributed by atoms with E-state index in [2.05, 4.69) is 35.5 Å². The third-order valence-corrected chi connectivity index (χ3v) is 5.55. The number of nitrogens with zero attached hydrogens (tertiary/aromatic N) is 5. The highest BCUT2D eigenvalue weighted by Crippen LogP contribution is 2.31. The van der Waals surface area contributed by atoms with Crippen LogP contribution >= 0.6 is 11.3 Å². The molecule has 2 aromatic heterocycles. The Balaban J connectivity index is 1.64. The summed E-state index contributed by atoms with van der Waals surface area (Å²) in [6.45, 7) is 8.62. The average molecular weight is 476 g/mol. The summed E-state index contributed by atoms with van der Waals surface area (Å²) >= 11 is 1.39. The molecule has 0 fully saturated rings. The van der Waals surface area contributed by atoms with Crippen molar-refractivity contribution >= 4 is 39.9 Å². The first-order valence-electron chi connectivity index (χ1n) is 10.4. The maximum Gasteiger partial charge on any atom is 0.347 e. The molecule has 3 rings (SSSR count). The lowest BCUT2D eigenvalue weighted by molar-refractivity contribution is -0.121. The van der Waals surface area contributed by atoms with E-state index in [1.54, 1.807) is 20.1 Å². The van der Waals surface area contributed by atoms with Crippen LogP contribution in [0.5, 0.6) is 11.9 Å². The van der Waals surface area contributed by atoms with Gasteiger partial charge in [-0.05, 0) is 27.7 Å². The predicted octanol–water partition coefficient (Wildman–Crippen LogP) is 2.81. The Kier molecular flexibility index (Phi) is 7.46. The number of methoxy groups -OCH3 is 2. The summed E-state index contributed by atoms with van der Waals surface area (Å²) in [4.78, 5) is 44.5. The maximum atomic E-state index is 12.3. The highest BCUT2D eigenvalue weighted by atomic mass is 32.1. The summed E-state index contributed by atoms with van der Waals surface area (Å²) < 4.78 is 10.4. The number of carbonyl (C=O) groups excluding carboxylic acids is 2. The van der Waals surface area contributed by atoms with Crippen molar-refractivity contribution < 1.29 is 19.1 Å². The number of hydrogen-bond acceptors (Lipinski definition) is 9. The van der Waals surface area contributed by atoms with Crippen LogP contribution in [0.15, 0.2) is 11.1 Å². The van der Waals surface area contributed by atoms with Crippen LogP contribution in [0.4, 0.5) is 15.7 Å². The Morgan fingerprint density at radius 2 is 1.97 bits per heavy atom. The molecule has 0 saturated heterocycles. The van der Waals surface area contributed by atoms with E-state index in [9.17, 15) is 9.59 Å². The van der Waals surface area contributed by atoms with Crippen molar-refractivity contribution in [3.8, 4) is 11.9 Å². The second-order valence-electron chi connectivity index (χ2n) is 8.57. The molecular weight excluding hydrogens is 446 g/mol. The standard InChI is InChI=1S/C21H29N7O4S/c1-12(9-16(29)27-21(2,3)4)22-18(30)26-20-23-13-7-8-28(11-14(13)33-20)15-10-17(31-5)25-19(24-15)32-6/h10H,7-9,11H2,1-6H3,(H,27,29)(H,23,26,30). The van der Waals surface area contributed by atoms with E-state index < -0.39 is 6.03 Å². The molecule has 0 atom stereocenters. The maximum absolute atomic E-state index is 12.3. The number of urea groups is 1.